The van der Waals surface area contributed by atoms with Crippen LogP contribution in [-0.2, 0) is 4.74 Å². The van der Waals surface area contributed by atoms with Crippen LogP contribution in [0.25, 0.3) is 0 Å². The Morgan fingerprint density at radius 2 is 2.00 bits per heavy atom. The summed E-state index contributed by atoms with van der Waals surface area (Å²) in [5.41, 5.74) is 1.78. The fourth-order valence-corrected chi connectivity index (χ4v) is 3.06. The minimum Gasteiger partial charge on any atom is -0.381 e. The van der Waals surface area contributed by atoms with Gasteiger partial charge in [-0.05, 0) is 41.7 Å². The van der Waals surface area contributed by atoms with Gasteiger partial charge in [-0.15, -0.1) is 0 Å². The number of hydrogen-bond acceptors (Lipinski definition) is 1. The van der Waals surface area contributed by atoms with E-state index < -0.39 is 0 Å². The van der Waals surface area contributed by atoms with Gasteiger partial charge in [0.15, 0.2) is 0 Å². The number of ether oxygens (including phenoxy) is 1. The molecule has 0 amide bonds. The van der Waals surface area contributed by atoms with E-state index in [1.54, 1.807) is 0 Å². The molecule has 1 aliphatic rings. The highest BCUT2D eigenvalue weighted by molar-refractivity contribution is 5.18. The summed E-state index contributed by atoms with van der Waals surface area (Å²) in [6, 6.07) is 2.23. The summed E-state index contributed by atoms with van der Waals surface area (Å²) in [6.45, 7) is 8.91. The van der Waals surface area contributed by atoms with E-state index in [1.807, 2.05) is 6.20 Å². The molecule has 1 saturated heterocycles. The molecule has 90 valence electrons. The smallest absolute Gasteiger partial charge is 0.0468 e. The standard InChI is InChI=1S/C14H23NO/c1-14(2,3)13(12-4-7-15-10-12)11-5-8-16-9-6-11/h4,7,10-11,13,15H,5-6,8-9H2,1-3H3. The van der Waals surface area contributed by atoms with Crippen LogP contribution in [0.3, 0.4) is 0 Å². The van der Waals surface area contributed by atoms with Crippen molar-refractivity contribution in [3.63, 3.8) is 0 Å². The minimum atomic E-state index is 0.324. The molecule has 1 aliphatic heterocycles. The second-order valence-corrected chi connectivity index (χ2v) is 5.94. The summed E-state index contributed by atoms with van der Waals surface area (Å²) in [5, 5.41) is 0. The Labute approximate surface area is 98.4 Å². The molecule has 0 aromatic carbocycles. The lowest BCUT2D eigenvalue weighted by Crippen LogP contribution is -2.30. The van der Waals surface area contributed by atoms with Crippen molar-refractivity contribution in [2.75, 3.05) is 13.2 Å². The van der Waals surface area contributed by atoms with Crippen molar-refractivity contribution in [2.45, 2.75) is 39.5 Å². The van der Waals surface area contributed by atoms with Crippen LogP contribution >= 0.6 is 0 Å². The molecule has 0 radical (unpaired) electrons. The molecule has 1 aromatic heterocycles. The van der Waals surface area contributed by atoms with Crippen molar-refractivity contribution in [3.05, 3.63) is 24.0 Å². The number of aromatic amines is 1. The summed E-state index contributed by atoms with van der Waals surface area (Å²) in [6.07, 6.45) is 6.60. The highest BCUT2D eigenvalue weighted by atomic mass is 16.5. The molecule has 0 aliphatic carbocycles. The zero-order valence-corrected chi connectivity index (χ0v) is 10.6. The molecule has 0 bridgehead atoms. The Morgan fingerprint density at radius 3 is 2.50 bits per heavy atom. The van der Waals surface area contributed by atoms with Gasteiger partial charge in [0.2, 0.25) is 0 Å². The number of aromatic nitrogens is 1. The van der Waals surface area contributed by atoms with Crippen LogP contribution in [0.1, 0.15) is 45.1 Å². The van der Waals surface area contributed by atoms with E-state index in [0.717, 1.165) is 19.1 Å². The van der Waals surface area contributed by atoms with Crippen LogP contribution in [-0.4, -0.2) is 18.2 Å². The Bertz CT molecular complexity index is 304. The number of hydrogen-bond donors (Lipinski definition) is 1. The van der Waals surface area contributed by atoms with E-state index >= 15 is 0 Å². The number of H-pyrrole nitrogens is 1. The van der Waals surface area contributed by atoms with Crippen molar-refractivity contribution in [3.8, 4) is 0 Å². The molecule has 2 nitrogen and oxygen atoms in total. The first-order chi connectivity index (χ1) is 7.59. The maximum atomic E-state index is 5.47. The molecule has 1 fully saturated rings. The SMILES string of the molecule is CC(C)(C)C(c1cc[nH]c1)C1CCOCC1. The molecule has 16 heavy (non-hydrogen) atoms. The lowest BCUT2D eigenvalue weighted by molar-refractivity contribution is 0.0420. The van der Waals surface area contributed by atoms with Crippen LogP contribution in [0.4, 0.5) is 0 Å². The van der Waals surface area contributed by atoms with Crippen molar-refractivity contribution in [2.24, 2.45) is 11.3 Å². The minimum absolute atomic E-state index is 0.324. The predicted octanol–water partition coefficient (Wildman–Crippen LogP) is 3.57. The van der Waals surface area contributed by atoms with E-state index in [4.69, 9.17) is 4.74 Å². The van der Waals surface area contributed by atoms with Crippen LogP contribution in [0.15, 0.2) is 18.5 Å². The van der Waals surface area contributed by atoms with E-state index in [1.165, 1.54) is 18.4 Å². The first kappa shape index (κ1) is 11.7. The lowest BCUT2D eigenvalue weighted by atomic mass is 9.68. The number of nitrogens with one attached hydrogen (secondary N) is 1. The summed E-state index contributed by atoms with van der Waals surface area (Å²) in [7, 11) is 0. The monoisotopic (exact) mass is 221 g/mol. The summed E-state index contributed by atoms with van der Waals surface area (Å²) < 4.78 is 5.47. The van der Waals surface area contributed by atoms with Gasteiger partial charge in [0, 0.05) is 25.6 Å². The third kappa shape index (κ3) is 2.49. The van der Waals surface area contributed by atoms with Gasteiger partial charge in [0.05, 0.1) is 0 Å². The molecule has 1 atom stereocenters. The molecule has 0 saturated carbocycles. The van der Waals surface area contributed by atoms with E-state index in [-0.39, 0.29) is 0 Å². The van der Waals surface area contributed by atoms with Gasteiger partial charge in [-0.1, -0.05) is 20.8 Å². The first-order valence-corrected chi connectivity index (χ1v) is 6.29. The molecule has 2 heterocycles. The molecule has 1 unspecified atom stereocenters. The fraction of sp³-hybridized carbons (Fsp3) is 0.714. The van der Waals surface area contributed by atoms with Crippen molar-refractivity contribution < 1.29 is 4.74 Å². The van der Waals surface area contributed by atoms with E-state index in [2.05, 4.69) is 38.0 Å². The third-order valence-electron chi connectivity index (χ3n) is 3.65. The average Bonchev–Trinajstić information content (AvgIpc) is 2.71. The van der Waals surface area contributed by atoms with E-state index in [9.17, 15) is 0 Å². The topological polar surface area (TPSA) is 25.0 Å². The molecule has 1 N–H and O–H groups in total. The first-order valence-electron chi connectivity index (χ1n) is 6.29. The third-order valence-corrected chi connectivity index (χ3v) is 3.65. The molecular formula is C14H23NO. The van der Waals surface area contributed by atoms with Crippen LogP contribution in [0, 0.1) is 11.3 Å². The van der Waals surface area contributed by atoms with E-state index in [0.29, 0.717) is 11.3 Å². The van der Waals surface area contributed by atoms with Gasteiger partial charge < -0.3 is 9.72 Å². The Hall–Kier alpha value is -0.760. The maximum absolute atomic E-state index is 5.47. The van der Waals surface area contributed by atoms with Crippen LogP contribution in [0.5, 0.6) is 0 Å². The van der Waals surface area contributed by atoms with Crippen molar-refractivity contribution in [1.29, 1.82) is 0 Å². The van der Waals surface area contributed by atoms with Crippen LogP contribution < -0.4 is 0 Å². The quantitative estimate of drug-likeness (QED) is 0.811. The summed E-state index contributed by atoms with van der Waals surface area (Å²) >= 11 is 0. The van der Waals surface area contributed by atoms with Gasteiger partial charge in [-0.25, -0.2) is 0 Å². The summed E-state index contributed by atoms with van der Waals surface area (Å²) in [4.78, 5) is 3.19. The zero-order chi connectivity index (χ0) is 11.6. The average molecular weight is 221 g/mol. The molecular weight excluding hydrogens is 198 g/mol. The lowest BCUT2D eigenvalue weighted by Gasteiger charge is -2.38. The highest BCUT2D eigenvalue weighted by Crippen LogP contribution is 2.44. The van der Waals surface area contributed by atoms with Gasteiger partial charge in [0.1, 0.15) is 0 Å². The van der Waals surface area contributed by atoms with Crippen LogP contribution in [0.2, 0.25) is 0 Å². The molecule has 2 heteroatoms. The van der Waals surface area contributed by atoms with Gasteiger partial charge >= 0.3 is 0 Å². The molecule has 0 spiro atoms. The second-order valence-electron chi connectivity index (χ2n) is 5.94. The van der Waals surface area contributed by atoms with Gasteiger partial charge in [0.25, 0.3) is 0 Å². The zero-order valence-electron chi connectivity index (χ0n) is 10.6. The Balaban J connectivity index is 2.21. The van der Waals surface area contributed by atoms with Crippen molar-refractivity contribution >= 4 is 0 Å². The normalized spacial score (nSPS) is 20.9. The van der Waals surface area contributed by atoms with Gasteiger partial charge in [-0.2, -0.15) is 0 Å². The largest absolute Gasteiger partial charge is 0.381 e. The molecule has 2 rings (SSSR count). The highest BCUT2D eigenvalue weighted by Gasteiger charge is 2.34. The predicted molar refractivity (Wildman–Crippen MR) is 66.5 cm³/mol. The maximum Gasteiger partial charge on any atom is 0.0468 e. The van der Waals surface area contributed by atoms with Crippen molar-refractivity contribution in [1.82, 2.24) is 4.98 Å². The number of rotatable bonds is 2. The second kappa shape index (κ2) is 4.62. The fourth-order valence-electron chi connectivity index (χ4n) is 3.06. The molecule has 1 aromatic rings. The Morgan fingerprint density at radius 1 is 1.31 bits per heavy atom. The summed E-state index contributed by atoms with van der Waals surface area (Å²) in [5.74, 6) is 1.41. The van der Waals surface area contributed by atoms with Gasteiger partial charge in [-0.3, -0.25) is 0 Å². The Kier molecular flexibility index (Phi) is 3.38.